The van der Waals surface area contributed by atoms with Crippen molar-refractivity contribution in [3.05, 3.63) is 39.7 Å². The number of ether oxygens (including phenoxy) is 1. The Kier molecular flexibility index (Phi) is 7.85. The molecule has 0 saturated heterocycles. The molecule has 0 atom stereocenters. The fourth-order valence-electron chi connectivity index (χ4n) is 1.58. The molecule has 1 aromatic rings. The topological polar surface area (TPSA) is 58.0 Å². The van der Waals surface area contributed by atoms with Gasteiger partial charge in [-0.2, -0.15) is 0 Å². The molecule has 0 heterocycles. The highest BCUT2D eigenvalue weighted by atomic mass is 35.5. The summed E-state index contributed by atoms with van der Waals surface area (Å²) in [6, 6.07) is 7.41. The molecule has 0 aliphatic rings. The lowest BCUT2D eigenvalue weighted by atomic mass is 10.1. The van der Waals surface area contributed by atoms with Gasteiger partial charge in [0.1, 0.15) is 5.75 Å². The van der Waals surface area contributed by atoms with Gasteiger partial charge >= 0.3 is 0 Å². The molecule has 0 aliphatic carbocycles. The van der Waals surface area contributed by atoms with Crippen LogP contribution in [-0.2, 0) is 0 Å². The fourth-order valence-corrected chi connectivity index (χ4v) is 1.71. The lowest BCUT2D eigenvalue weighted by Crippen LogP contribution is -1.97. The van der Waals surface area contributed by atoms with Crippen molar-refractivity contribution in [1.82, 2.24) is 0 Å². The van der Waals surface area contributed by atoms with Crippen LogP contribution in [0.1, 0.15) is 32.1 Å². The fraction of sp³-hybridized carbons (Fsp3) is 0.538. The second kappa shape index (κ2) is 9.63. The molecular weight excluding hydrogens is 250 g/mol. The van der Waals surface area contributed by atoms with Crippen LogP contribution in [0.15, 0.2) is 29.4 Å². The van der Waals surface area contributed by atoms with Gasteiger partial charge in [-0.1, -0.05) is 36.0 Å². The average Bonchev–Trinajstić information content (AvgIpc) is 2.39. The highest BCUT2D eigenvalue weighted by Gasteiger charge is 1.94. The van der Waals surface area contributed by atoms with E-state index in [1.54, 1.807) is 0 Å². The molecule has 0 aromatic heterocycles. The zero-order valence-electron chi connectivity index (χ0n) is 10.4. The van der Waals surface area contributed by atoms with E-state index < -0.39 is 0 Å². The second-order valence-electron chi connectivity index (χ2n) is 4.02. The summed E-state index contributed by atoms with van der Waals surface area (Å²) in [6.45, 7) is 1.34. The second-order valence-corrected chi connectivity index (χ2v) is 4.46. The van der Waals surface area contributed by atoms with E-state index >= 15 is 0 Å². The monoisotopic (exact) mass is 267 g/mol. The van der Waals surface area contributed by atoms with Gasteiger partial charge in [0.2, 0.25) is 0 Å². The molecule has 98 valence electrons. The first kappa shape index (κ1) is 14.7. The Balaban J connectivity index is 1.95. The summed E-state index contributed by atoms with van der Waals surface area (Å²) in [6.07, 6.45) is 5.43. The third-order valence-electron chi connectivity index (χ3n) is 2.55. The number of rotatable bonds is 9. The van der Waals surface area contributed by atoms with Crippen molar-refractivity contribution in [1.29, 1.82) is 0 Å². The van der Waals surface area contributed by atoms with Crippen molar-refractivity contribution in [3.8, 4) is 5.75 Å². The Labute approximate surface area is 113 Å². The molecule has 0 aliphatic heterocycles. The summed E-state index contributed by atoms with van der Waals surface area (Å²) in [4.78, 5) is 2.72. The van der Waals surface area contributed by atoms with E-state index in [2.05, 4.69) is 10.0 Å². The van der Waals surface area contributed by atoms with Crippen LogP contribution in [0.25, 0.3) is 10.4 Å². The summed E-state index contributed by atoms with van der Waals surface area (Å²) in [5.41, 5.74) is 8.10. The molecule has 0 unspecified atom stereocenters. The van der Waals surface area contributed by atoms with Crippen molar-refractivity contribution in [3.63, 3.8) is 0 Å². The zero-order chi connectivity index (χ0) is 13.1. The minimum absolute atomic E-state index is 0.609. The Morgan fingerprint density at radius 1 is 1.06 bits per heavy atom. The van der Waals surface area contributed by atoms with Gasteiger partial charge < -0.3 is 4.74 Å². The van der Waals surface area contributed by atoms with Gasteiger partial charge in [0, 0.05) is 16.5 Å². The van der Waals surface area contributed by atoms with Crippen LogP contribution in [0.4, 0.5) is 0 Å². The van der Waals surface area contributed by atoms with Gasteiger partial charge in [0.15, 0.2) is 0 Å². The van der Waals surface area contributed by atoms with E-state index in [9.17, 15) is 0 Å². The SMILES string of the molecule is [N-]=[N+]=NCCCCCCCOc1ccc(Cl)cc1. The summed E-state index contributed by atoms with van der Waals surface area (Å²) in [5.74, 6) is 0.864. The van der Waals surface area contributed by atoms with Crippen LogP contribution in [0.2, 0.25) is 5.02 Å². The van der Waals surface area contributed by atoms with Crippen molar-refractivity contribution in [2.75, 3.05) is 13.2 Å². The minimum atomic E-state index is 0.609. The van der Waals surface area contributed by atoms with E-state index in [1.165, 1.54) is 0 Å². The lowest BCUT2D eigenvalue weighted by molar-refractivity contribution is 0.304. The summed E-state index contributed by atoms with van der Waals surface area (Å²) < 4.78 is 5.58. The number of azide groups is 1. The Hall–Kier alpha value is -1.38. The minimum Gasteiger partial charge on any atom is -0.494 e. The molecule has 0 saturated carbocycles. The van der Waals surface area contributed by atoms with Crippen LogP contribution in [0.5, 0.6) is 5.75 Å². The molecule has 1 aromatic carbocycles. The van der Waals surface area contributed by atoms with E-state index in [0.717, 1.165) is 49.5 Å². The summed E-state index contributed by atoms with van der Waals surface area (Å²) >= 11 is 5.78. The maximum atomic E-state index is 8.10. The lowest BCUT2D eigenvalue weighted by Gasteiger charge is -2.05. The van der Waals surface area contributed by atoms with Crippen LogP contribution < -0.4 is 4.74 Å². The maximum Gasteiger partial charge on any atom is 0.119 e. The number of nitrogens with zero attached hydrogens (tertiary/aromatic N) is 3. The number of benzene rings is 1. The molecule has 0 N–H and O–H groups in total. The first-order valence-corrected chi connectivity index (χ1v) is 6.60. The van der Waals surface area contributed by atoms with Crippen molar-refractivity contribution in [2.45, 2.75) is 32.1 Å². The molecule has 5 heteroatoms. The van der Waals surface area contributed by atoms with Gasteiger partial charge in [-0.15, -0.1) is 0 Å². The summed E-state index contributed by atoms with van der Waals surface area (Å²) in [5, 5.41) is 4.22. The predicted octanol–water partition coefficient (Wildman–Crippen LogP) is 4.98. The largest absolute Gasteiger partial charge is 0.494 e. The van der Waals surface area contributed by atoms with Gasteiger partial charge in [0.25, 0.3) is 0 Å². The van der Waals surface area contributed by atoms with Crippen molar-refractivity contribution < 1.29 is 4.74 Å². The normalized spacial score (nSPS) is 9.83. The molecule has 4 nitrogen and oxygen atoms in total. The third kappa shape index (κ3) is 7.05. The molecule has 0 radical (unpaired) electrons. The van der Waals surface area contributed by atoms with Gasteiger partial charge in [-0.05, 0) is 42.6 Å². The van der Waals surface area contributed by atoms with Crippen LogP contribution in [0.3, 0.4) is 0 Å². The van der Waals surface area contributed by atoms with Gasteiger partial charge in [0.05, 0.1) is 6.61 Å². The van der Waals surface area contributed by atoms with Crippen LogP contribution in [0, 0.1) is 0 Å². The van der Waals surface area contributed by atoms with Crippen molar-refractivity contribution in [2.24, 2.45) is 5.11 Å². The van der Waals surface area contributed by atoms with Gasteiger partial charge in [-0.25, -0.2) is 0 Å². The van der Waals surface area contributed by atoms with Crippen LogP contribution >= 0.6 is 11.6 Å². The Bertz CT molecular complexity index is 374. The molecular formula is C13H18ClN3O. The smallest absolute Gasteiger partial charge is 0.119 e. The first-order valence-electron chi connectivity index (χ1n) is 6.22. The Morgan fingerprint density at radius 3 is 2.44 bits per heavy atom. The number of unbranched alkanes of at least 4 members (excludes halogenated alkanes) is 4. The highest BCUT2D eigenvalue weighted by Crippen LogP contribution is 2.16. The van der Waals surface area contributed by atoms with E-state index in [0.29, 0.717) is 6.54 Å². The molecule has 0 fully saturated rings. The molecule has 18 heavy (non-hydrogen) atoms. The van der Waals surface area contributed by atoms with Crippen molar-refractivity contribution >= 4 is 11.6 Å². The molecule has 0 spiro atoms. The molecule has 0 bridgehead atoms. The highest BCUT2D eigenvalue weighted by molar-refractivity contribution is 6.30. The predicted molar refractivity (Wildman–Crippen MR) is 74.0 cm³/mol. The summed E-state index contributed by atoms with van der Waals surface area (Å²) in [7, 11) is 0. The quantitative estimate of drug-likeness (QED) is 0.269. The first-order chi connectivity index (χ1) is 8.83. The molecule has 1 rings (SSSR count). The number of hydrogen-bond acceptors (Lipinski definition) is 2. The Morgan fingerprint density at radius 2 is 1.72 bits per heavy atom. The number of halogens is 1. The molecule has 0 amide bonds. The number of hydrogen-bond donors (Lipinski definition) is 0. The van der Waals surface area contributed by atoms with Crippen LogP contribution in [-0.4, -0.2) is 13.2 Å². The average molecular weight is 268 g/mol. The third-order valence-corrected chi connectivity index (χ3v) is 2.80. The van der Waals surface area contributed by atoms with E-state index in [4.69, 9.17) is 21.9 Å². The maximum absolute atomic E-state index is 8.10. The standard InChI is InChI=1S/C13H18ClN3O/c14-12-6-8-13(9-7-12)18-11-5-3-1-2-4-10-16-17-15/h6-9H,1-5,10-11H2. The zero-order valence-corrected chi connectivity index (χ0v) is 11.1. The van der Waals surface area contributed by atoms with E-state index in [1.807, 2.05) is 24.3 Å². The van der Waals surface area contributed by atoms with E-state index in [-0.39, 0.29) is 0 Å². The van der Waals surface area contributed by atoms with Gasteiger partial charge in [-0.3, -0.25) is 0 Å².